The SMILES string of the molecule is O=CCC/C=C\c1ccccc1. The summed E-state index contributed by atoms with van der Waals surface area (Å²) in [6.45, 7) is 0. The van der Waals surface area contributed by atoms with Gasteiger partial charge in [0.15, 0.2) is 0 Å². The van der Waals surface area contributed by atoms with Gasteiger partial charge in [0, 0.05) is 6.42 Å². The summed E-state index contributed by atoms with van der Waals surface area (Å²) < 4.78 is 0. The van der Waals surface area contributed by atoms with E-state index in [2.05, 4.69) is 0 Å². The Kier molecular flexibility index (Phi) is 3.86. The molecule has 62 valence electrons. The van der Waals surface area contributed by atoms with Crippen LogP contribution in [-0.2, 0) is 4.79 Å². The van der Waals surface area contributed by atoms with Crippen molar-refractivity contribution in [1.82, 2.24) is 0 Å². The predicted molar refractivity (Wildman–Crippen MR) is 50.8 cm³/mol. The number of unbranched alkanes of at least 4 members (excludes halogenated alkanes) is 1. The summed E-state index contributed by atoms with van der Waals surface area (Å²) in [6, 6.07) is 10.1. The Morgan fingerprint density at radius 2 is 1.83 bits per heavy atom. The summed E-state index contributed by atoms with van der Waals surface area (Å²) in [5.74, 6) is 0. The zero-order valence-electron chi connectivity index (χ0n) is 6.94. The van der Waals surface area contributed by atoms with Crippen LogP contribution in [0.2, 0.25) is 0 Å². The van der Waals surface area contributed by atoms with E-state index in [4.69, 9.17) is 0 Å². The molecule has 0 radical (unpaired) electrons. The van der Waals surface area contributed by atoms with Crippen LogP contribution in [-0.4, -0.2) is 6.29 Å². The fourth-order valence-electron chi connectivity index (χ4n) is 0.948. The van der Waals surface area contributed by atoms with Crippen molar-refractivity contribution in [2.75, 3.05) is 0 Å². The highest BCUT2D eigenvalue weighted by Crippen LogP contribution is 2.01. The Balaban J connectivity index is 2.41. The molecule has 0 heterocycles. The van der Waals surface area contributed by atoms with Gasteiger partial charge in [0.05, 0.1) is 0 Å². The summed E-state index contributed by atoms with van der Waals surface area (Å²) in [6.07, 6.45) is 6.43. The third-order valence-electron chi connectivity index (χ3n) is 1.56. The van der Waals surface area contributed by atoms with Gasteiger partial charge >= 0.3 is 0 Å². The quantitative estimate of drug-likeness (QED) is 0.489. The fourth-order valence-corrected chi connectivity index (χ4v) is 0.948. The van der Waals surface area contributed by atoms with Crippen LogP contribution >= 0.6 is 0 Å². The second-order valence-electron chi connectivity index (χ2n) is 2.56. The molecule has 1 heteroatoms. The molecule has 12 heavy (non-hydrogen) atoms. The Hall–Kier alpha value is -1.37. The lowest BCUT2D eigenvalue weighted by Crippen LogP contribution is -1.71. The van der Waals surface area contributed by atoms with Crippen LogP contribution in [0.4, 0.5) is 0 Å². The van der Waals surface area contributed by atoms with Crippen LogP contribution in [0.1, 0.15) is 18.4 Å². The fraction of sp³-hybridized carbons (Fsp3) is 0.182. The van der Waals surface area contributed by atoms with E-state index < -0.39 is 0 Å². The monoisotopic (exact) mass is 160 g/mol. The average Bonchev–Trinajstić information content (AvgIpc) is 2.14. The normalized spacial score (nSPS) is 10.3. The van der Waals surface area contributed by atoms with Crippen molar-refractivity contribution in [2.45, 2.75) is 12.8 Å². The molecule has 0 saturated carbocycles. The molecule has 0 saturated heterocycles. The van der Waals surface area contributed by atoms with Crippen LogP contribution < -0.4 is 0 Å². The van der Waals surface area contributed by atoms with Gasteiger partial charge in [-0.1, -0.05) is 42.5 Å². The number of allylic oxidation sites excluding steroid dienone is 1. The molecular formula is C11H12O. The smallest absolute Gasteiger partial charge is 0.120 e. The maximum Gasteiger partial charge on any atom is 0.120 e. The molecule has 1 aromatic carbocycles. The van der Waals surface area contributed by atoms with Gasteiger partial charge < -0.3 is 4.79 Å². The van der Waals surface area contributed by atoms with E-state index in [1.165, 1.54) is 5.56 Å². The van der Waals surface area contributed by atoms with E-state index in [0.29, 0.717) is 6.42 Å². The van der Waals surface area contributed by atoms with E-state index >= 15 is 0 Å². The molecule has 0 atom stereocenters. The Morgan fingerprint density at radius 1 is 1.08 bits per heavy atom. The molecular weight excluding hydrogens is 148 g/mol. The highest BCUT2D eigenvalue weighted by molar-refractivity contribution is 5.52. The van der Waals surface area contributed by atoms with Crippen LogP contribution in [0.25, 0.3) is 6.08 Å². The van der Waals surface area contributed by atoms with Gasteiger partial charge in [-0.05, 0) is 12.0 Å². The molecule has 0 bridgehead atoms. The zero-order chi connectivity index (χ0) is 8.65. The Labute approximate surface area is 72.7 Å². The molecule has 1 nitrogen and oxygen atoms in total. The standard InChI is InChI=1S/C11H12O/c12-10-6-2-5-9-11-7-3-1-4-8-11/h1,3-5,7-10H,2,6H2/b9-5-. The van der Waals surface area contributed by atoms with E-state index in [-0.39, 0.29) is 0 Å². The van der Waals surface area contributed by atoms with Crippen molar-refractivity contribution in [3.63, 3.8) is 0 Å². The van der Waals surface area contributed by atoms with Crippen molar-refractivity contribution < 1.29 is 4.79 Å². The third-order valence-corrected chi connectivity index (χ3v) is 1.56. The van der Waals surface area contributed by atoms with Gasteiger partial charge in [-0.25, -0.2) is 0 Å². The maximum atomic E-state index is 9.98. The minimum Gasteiger partial charge on any atom is -0.303 e. The van der Waals surface area contributed by atoms with Crippen molar-refractivity contribution in [1.29, 1.82) is 0 Å². The molecule has 1 aromatic rings. The first-order chi connectivity index (χ1) is 5.93. The second-order valence-corrected chi connectivity index (χ2v) is 2.56. The van der Waals surface area contributed by atoms with Crippen LogP contribution in [0.3, 0.4) is 0 Å². The minimum atomic E-state index is 0.614. The van der Waals surface area contributed by atoms with Crippen molar-refractivity contribution in [3.8, 4) is 0 Å². The first-order valence-electron chi connectivity index (χ1n) is 4.08. The Bertz CT molecular complexity index is 249. The minimum absolute atomic E-state index is 0.614. The third kappa shape index (κ3) is 3.15. The summed E-state index contributed by atoms with van der Waals surface area (Å²) in [4.78, 5) is 9.98. The van der Waals surface area contributed by atoms with Gasteiger partial charge in [-0.15, -0.1) is 0 Å². The highest BCUT2D eigenvalue weighted by Gasteiger charge is 1.81. The summed E-state index contributed by atoms with van der Waals surface area (Å²) >= 11 is 0. The van der Waals surface area contributed by atoms with Gasteiger partial charge in [-0.2, -0.15) is 0 Å². The first-order valence-corrected chi connectivity index (χ1v) is 4.08. The number of aldehydes is 1. The number of carbonyl (C=O) groups is 1. The number of rotatable bonds is 4. The lowest BCUT2D eigenvalue weighted by atomic mass is 10.2. The highest BCUT2D eigenvalue weighted by atomic mass is 16.1. The van der Waals surface area contributed by atoms with Gasteiger partial charge in [0.1, 0.15) is 6.29 Å². The summed E-state index contributed by atoms with van der Waals surface area (Å²) in [5.41, 5.74) is 1.18. The maximum absolute atomic E-state index is 9.98. The van der Waals surface area contributed by atoms with Gasteiger partial charge in [0.25, 0.3) is 0 Å². The largest absolute Gasteiger partial charge is 0.303 e. The summed E-state index contributed by atoms with van der Waals surface area (Å²) in [7, 11) is 0. The molecule has 0 unspecified atom stereocenters. The number of benzene rings is 1. The Morgan fingerprint density at radius 3 is 2.50 bits per heavy atom. The molecule has 1 rings (SSSR count). The van der Waals surface area contributed by atoms with E-state index in [1.54, 1.807) is 0 Å². The number of hydrogen-bond acceptors (Lipinski definition) is 1. The summed E-state index contributed by atoms with van der Waals surface area (Å²) in [5, 5.41) is 0. The number of hydrogen-bond donors (Lipinski definition) is 0. The molecule has 0 N–H and O–H groups in total. The van der Waals surface area contributed by atoms with E-state index in [1.807, 2.05) is 42.5 Å². The van der Waals surface area contributed by atoms with Crippen molar-refractivity contribution in [3.05, 3.63) is 42.0 Å². The topological polar surface area (TPSA) is 17.1 Å². The molecule has 0 spiro atoms. The number of carbonyl (C=O) groups excluding carboxylic acids is 1. The molecule has 0 amide bonds. The van der Waals surface area contributed by atoms with Crippen LogP contribution in [0.15, 0.2) is 36.4 Å². The molecule has 0 aliphatic heterocycles. The average molecular weight is 160 g/mol. The van der Waals surface area contributed by atoms with Crippen LogP contribution in [0.5, 0.6) is 0 Å². The van der Waals surface area contributed by atoms with Crippen LogP contribution in [0, 0.1) is 0 Å². The molecule has 0 aromatic heterocycles. The van der Waals surface area contributed by atoms with Gasteiger partial charge in [0.2, 0.25) is 0 Å². The molecule has 0 aliphatic rings. The first kappa shape index (κ1) is 8.72. The lowest BCUT2D eigenvalue weighted by molar-refractivity contribution is -0.107. The van der Waals surface area contributed by atoms with Crippen molar-refractivity contribution in [2.24, 2.45) is 0 Å². The predicted octanol–water partition coefficient (Wildman–Crippen LogP) is 2.68. The second kappa shape index (κ2) is 5.30. The molecule has 0 aliphatic carbocycles. The zero-order valence-corrected chi connectivity index (χ0v) is 6.94. The molecule has 0 fully saturated rings. The lowest BCUT2D eigenvalue weighted by Gasteiger charge is -1.89. The van der Waals surface area contributed by atoms with Crippen molar-refractivity contribution >= 4 is 12.4 Å². The van der Waals surface area contributed by atoms with E-state index in [9.17, 15) is 4.79 Å². The van der Waals surface area contributed by atoms with Gasteiger partial charge in [-0.3, -0.25) is 0 Å². The van der Waals surface area contributed by atoms with E-state index in [0.717, 1.165) is 12.7 Å².